The van der Waals surface area contributed by atoms with Crippen LogP contribution in [-0.4, -0.2) is 40.5 Å². The molecule has 0 aliphatic carbocycles. The van der Waals surface area contributed by atoms with Crippen LogP contribution in [0, 0.1) is 12.8 Å². The number of rotatable bonds is 3. The molecule has 6 rings (SSSR count). The number of fused-ring (bicyclic) bond motifs is 6. The maximum Gasteiger partial charge on any atom is 0.261 e. The van der Waals surface area contributed by atoms with E-state index < -0.39 is 0 Å². The molecule has 4 aromatic rings. The van der Waals surface area contributed by atoms with Gasteiger partial charge in [-0.1, -0.05) is 36.4 Å². The molecule has 0 N–H and O–H groups in total. The molecule has 0 radical (unpaired) electrons. The van der Waals surface area contributed by atoms with Gasteiger partial charge in [-0.2, -0.15) is 0 Å². The molecular weight excluding hydrogens is 386 g/mol. The van der Waals surface area contributed by atoms with Crippen LogP contribution in [0.2, 0.25) is 0 Å². The fourth-order valence-electron chi connectivity index (χ4n) is 5.41. The van der Waals surface area contributed by atoms with Gasteiger partial charge in [0.05, 0.1) is 6.61 Å². The standard InChI is InChI=1S/C26H25N3O2/c1-17-20(26(30)29-12-5-4-8-24(29)27-17)11-13-28-14-19-16-31-23-10-9-18-6-2-3-7-21(18)25(23)22(19)15-28/h2-10,12,19,22H,11,13-16H2,1H3/t19-,22-/m0/s1. The molecule has 2 atom stereocenters. The van der Waals surface area contributed by atoms with Gasteiger partial charge in [-0.05, 0) is 42.3 Å². The normalized spacial score (nSPS) is 20.5. The highest BCUT2D eigenvalue weighted by Gasteiger charge is 2.39. The van der Waals surface area contributed by atoms with Crippen molar-refractivity contribution in [2.45, 2.75) is 19.3 Å². The van der Waals surface area contributed by atoms with Crippen LogP contribution in [0.5, 0.6) is 5.75 Å². The molecule has 2 aromatic heterocycles. The minimum atomic E-state index is 0.0550. The minimum absolute atomic E-state index is 0.0550. The van der Waals surface area contributed by atoms with Gasteiger partial charge in [-0.25, -0.2) is 4.98 Å². The predicted octanol–water partition coefficient (Wildman–Crippen LogP) is 3.81. The summed E-state index contributed by atoms with van der Waals surface area (Å²) in [6, 6.07) is 18.6. The van der Waals surface area contributed by atoms with E-state index in [9.17, 15) is 4.79 Å². The van der Waals surface area contributed by atoms with Crippen molar-refractivity contribution in [3.63, 3.8) is 0 Å². The Morgan fingerprint density at radius 1 is 1.06 bits per heavy atom. The van der Waals surface area contributed by atoms with E-state index in [0.717, 1.165) is 49.7 Å². The van der Waals surface area contributed by atoms with Crippen molar-refractivity contribution in [3.05, 3.63) is 88.0 Å². The number of aromatic nitrogens is 2. The lowest BCUT2D eigenvalue weighted by atomic mass is 9.84. The highest BCUT2D eigenvalue weighted by Crippen LogP contribution is 2.45. The fourth-order valence-corrected chi connectivity index (χ4v) is 5.41. The van der Waals surface area contributed by atoms with Gasteiger partial charge in [-0.3, -0.25) is 9.20 Å². The van der Waals surface area contributed by atoms with Gasteiger partial charge in [-0.15, -0.1) is 0 Å². The van der Waals surface area contributed by atoms with Gasteiger partial charge in [0, 0.05) is 54.5 Å². The van der Waals surface area contributed by atoms with Crippen molar-refractivity contribution in [1.29, 1.82) is 0 Å². The van der Waals surface area contributed by atoms with Crippen molar-refractivity contribution in [2.75, 3.05) is 26.2 Å². The van der Waals surface area contributed by atoms with Crippen LogP contribution >= 0.6 is 0 Å². The van der Waals surface area contributed by atoms with E-state index in [1.807, 2.05) is 25.1 Å². The third-order valence-corrected chi connectivity index (χ3v) is 6.98. The van der Waals surface area contributed by atoms with E-state index in [2.05, 4.69) is 46.3 Å². The van der Waals surface area contributed by atoms with Crippen molar-refractivity contribution < 1.29 is 4.74 Å². The quantitative estimate of drug-likeness (QED) is 0.514. The van der Waals surface area contributed by atoms with Crippen LogP contribution < -0.4 is 10.3 Å². The molecule has 2 aromatic carbocycles. The SMILES string of the molecule is Cc1nc2ccccn2c(=O)c1CCN1C[C@H]2COc3ccc4ccccc4c3[C@H]2C1. The average molecular weight is 412 g/mol. The Labute approximate surface area is 180 Å². The highest BCUT2D eigenvalue weighted by molar-refractivity contribution is 5.88. The third kappa shape index (κ3) is 3.03. The van der Waals surface area contributed by atoms with Crippen LogP contribution in [0.15, 0.2) is 65.6 Å². The first kappa shape index (κ1) is 18.6. The summed E-state index contributed by atoms with van der Waals surface area (Å²) in [5, 5.41) is 2.58. The lowest BCUT2D eigenvalue weighted by Crippen LogP contribution is -2.28. The van der Waals surface area contributed by atoms with Gasteiger partial charge in [0.25, 0.3) is 5.56 Å². The van der Waals surface area contributed by atoms with Crippen molar-refractivity contribution in [3.8, 4) is 5.75 Å². The number of nitrogens with zero attached hydrogens (tertiary/aromatic N) is 3. The van der Waals surface area contributed by atoms with Gasteiger partial charge in [0.15, 0.2) is 0 Å². The second-order valence-corrected chi connectivity index (χ2v) is 8.80. The largest absolute Gasteiger partial charge is 0.493 e. The number of aryl methyl sites for hydroxylation is 1. The molecule has 1 fully saturated rings. The fraction of sp³-hybridized carbons (Fsp3) is 0.308. The first-order valence-corrected chi connectivity index (χ1v) is 11.0. The molecule has 0 saturated carbocycles. The van der Waals surface area contributed by atoms with Crippen LogP contribution in [0.25, 0.3) is 16.4 Å². The maximum atomic E-state index is 13.0. The average Bonchev–Trinajstić information content (AvgIpc) is 3.22. The number of hydrogen-bond acceptors (Lipinski definition) is 4. The molecule has 2 aliphatic heterocycles. The lowest BCUT2D eigenvalue weighted by molar-refractivity contribution is 0.214. The predicted molar refractivity (Wildman–Crippen MR) is 122 cm³/mol. The zero-order chi connectivity index (χ0) is 20.9. The first-order valence-electron chi connectivity index (χ1n) is 11.0. The minimum Gasteiger partial charge on any atom is -0.493 e. The second kappa shape index (κ2) is 7.20. The molecular formula is C26H25N3O2. The molecule has 2 aliphatic rings. The van der Waals surface area contributed by atoms with Crippen molar-refractivity contribution in [1.82, 2.24) is 14.3 Å². The molecule has 156 valence electrons. The van der Waals surface area contributed by atoms with E-state index in [1.165, 1.54) is 16.3 Å². The lowest BCUT2D eigenvalue weighted by Gasteiger charge is -2.29. The van der Waals surface area contributed by atoms with Crippen molar-refractivity contribution >= 4 is 16.4 Å². The number of likely N-dealkylation sites (tertiary alicyclic amines) is 1. The first-order chi connectivity index (χ1) is 15.2. The molecule has 1 saturated heterocycles. The summed E-state index contributed by atoms with van der Waals surface area (Å²) in [6.45, 7) is 5.60. The van der Waals surface area contributed by atoms with Crippen LogP contribution in [0.4, 0.5) is 0 Å². The van der Waals surface area contributed by atoms with Gasteiger partial charge in [0.1, 0.15) is 11.4 Å². The Balaban J connectivity index is 1.27. The summed E-state index contributed by atoms with van der Waals surface area (Å²) in [6.07, 6.45) is 2.52. The summed E-state index contributed by atoms with van der Waals surface area (Å²) in [5.74, 6) is 2.01. The molecule has 0 unspecified atom stereocenters. The van der Waals surface area contributed by atoms with Gasteiger partial charge < -0.3 is 9.64 Å². The molecule has 5 nitrogen and oxygen atoms in total. The molecule has 31 heavy (non-hydrogen) atoms. The Morgan fingerprint density at radius 3 is 2.87 bits per heavy atom. The number of benzene rings is 2. The number of hydrogen-bond donors (Lipinski definition) is 0. The van der Waals surface area contributed by atoms with Crippen molar-refractivity contribution in [2.24, 2.45) is 5.92 Å². The smallest absolute Gasteiger partial charge is 0.261 e. The van der Waals surface area contributed by atoms with E-state index in [1.54, 1.807) is 10.6 Å². The zero-order valence-electron chi connectivity index (χ0n) is 17.6. The summed E-state index contributed by atoms with van der Waals surface area (Å²) < 4.78 is 7.81. The van der Waals surface area contributed by atoms with E-state index in [4.69, 9.17) is 4.74 Å². The summed E-state index contributed by atoms with van der Waals surface area (Å²) in [5.41, 5.74) is 3.79. The monoisotopic (exact) mass is 411 g/mol. The topological polar surface area (TPSA) is 46.8 Å². The summed E-state index contributed by atoms with van der Waals surface area (Å²) >= 11 is 0. The van der Waals surface area contributed by atoms with E-state index in [0.29, 0.717) is 17.5 Å². The van der Waals surface area contributed by atoms with Gasteiger partial charge >= 0.3 is 0 Å². The van der Waals surface area contributed by atoms with E-state index in [-0.39, 0.29) is 5.56 Å². The third-order valence-electron chi connectivity index (χ3n) is 6.98. The zero-order valence-corrected chi connectivity index (χ0v) is 17.6. The Morgan fingerprint density at radius 2 is 1.94 bits per heavy atom. The second-order valence-electron chi connectivity index (χ2n) is 8.80. The summed E-state index contributed by atoms with van der Waals surface area (Å²) in [7, 11) is 0. The van der Waals surface area contributed by atoms with E-state index >= 15 is 0 Å². The number of ether oxygens (including phenoxy) is 1. The molecule has 0 bridgehead atoms. The Bertz CT molecular complexity index is 1360. The van der Waals surface area contributed by atoms with Crippen LogP contribution in [-0.2, 0) is 6.42 Å². The summed E-state index contributed by atoms with van der Waals surface area (Å²) in [4.78, 5) is 20.1. The van der Waals surface area contributed by atoms with Gasteiger partial charge in [0.2, 0.25) is 0 Å². The Hall–Kier alpha value is -3.18. The Kier molecular flexibility index (Phi) is 4.32. The van der Waals surface area contributed by atoms with Crippen LogP contribution in [0.3, 0.4) is 0 Å². The molecule has 5 heteroatoms. The van der Waals surface area contributed by atoms with Crippen LogP contribution in [0.1, 0.15) is 22.7 Å². The molecule has 0 amide bonds. The highest BCUT2D eigenvalue weighted by atomic mass is 16.5. The maximum absolute atomic E-state index is 13.0. The molecule has 4 heterocycles. The number of pyridine rings is 1. The molecule has 0 spiro atoms.